The first-order chi connectivity index (χ1) is 21.3. The van der Waals surface area contributed by atoms with E-state index < -0.39 is 26.2 Å². The maximum Gasteiger partial charge on any atom is 0.288 e. The summed E-state index contributed by atoms with van der Waals surface area (Å²) in [7, 11) is -2.36. The molecule has 2 unspecified atom stereocenters. The van der Waals surface area contributed by atoms with Crippen LogP contribution in [0.5, 0.6) is 5.75 Å². The number of rotatable bonds is 19. The average Bonchev–Trinajstić information content (AvgIpc) is 3.53. The zero-order chi connectivity index (χ0) is 31.9. The number of nitrogens with zero attached hydrogens (tertiary/aromatic N) is 1. The number of carbonyl (C=O) groups excluding carboxylic acids is 3. The topological polar surface area (TPSA) is 151 Å². The van der Waals surface area contributed by atoms with E-state index in [0.29, 0.717) is 42.9 Å². The zero-order valence-electron chi connectivity index (χ0n) is 25.4. The normalized spacial score (nSPS) is 12.4. The van der Waals surface area contributed by atoms with E-state index in [1.165, 1.54) is 11.1 Å². The fourth-order valence-electron chi connectivity index (χ4n) is 4.82. The van der Waals surface area contributed by atoms with Crippen LogP contribution in [0.15, 0.2) is 65.1 Å². The van der Waals surface area contributed by atoms with Crippen LogP contribution in [-0.4, -0.2) is 52.4 Å². The van der Waals surface area contributed by atoms with Gasteiger partial charge in [0.1, 0.15) is 18.1 Å². The lowest BCUT2D eigenvalue weighted by molar-refractivity contribution is -0.200. The van der Waals surface area contributed by atoms with Crippen LogP contribution in [0.4, 0.5) is 0 Å². The molecule has 0 spiro atoms. The van der Waals surface area contributed by atoms with Crippen molar-refractivity contribution in [2.75, 3.05) is 13.3 Å². The molecule has 0 aliphatic rings. The molecule has 4 N–H and O–H groups in total. The summed E-state index contributed by atoms with van der Waals surface area (Å²) >= 11 is 0. The van der Waals surface area contributed by atoms with Crippen molar-refractivity contribution in [1.82, 2.24) is 15.7 Å². The first-order valence-corrected chi connectivity index (χ1v) is 16.1. The minimum Gasteiger partial charge on any atom is -0.494 e. The van der Waals surface area contributed by atoms with Crippen molar-refractivity contribution in [1.29, 1.82) is 0 Å². The van der Waals surface area contributed by atoms with E-state index in [1.807, 2.05) is 44.2 Å². The molecular weight excluding hydrogens is 585 g/mol. The largest absolute Gasteiger partial charge is 0.494 e. The second-order valence-electron chi connectivity index (χ2n) is 10.1. The van der Waals surface area contributed by atoms with Crippen molar-refractivity contribution < 1.29 is 38.2 Å². The molecule has 1 aromatic heterocycles. The van der Waals surface area contributed by atoms with Gasteiger partial charge in [0.25, 0.3) is 5.91 Å². The van der Waals surface area contributed by atoms with Gasteiger partial charge in [-0.15, -0.1) is 0 Å². The molecule has 0 fully saturated rings. The predicted octanol–water partition coefficient (Wildman–Crippen LogP) is 4.64. The number of hydrogen-bond acceptors (Lipinski definition) is 8. The van der Waals surface area contributed by atoms with E-state index in [0.717, 1.165) is 24.8 Å². The molecule has 0 aliphatic heterocycles. The Morgan fingerprint density at radius 3 is 2.45 bits per heavy atom. The van der Waals surface area contributed by atoms with Crippen LogP contribution in [0.2, 0.25) is 0 Å². The standard InChI is InChI=1S/C32H42N3O8P/c1-4-7-9-14-27(28(5-2)35(22-36)42-20-23-12-10-8-11-13-23)31(37)33-21-34-32(38)30-16-15-29(43-30)24-17-25(41-6-3)19-26(18-24)44(39)40/h8,10-13,15-19,22,27-28,39-40H,4-7,9,14,20-21H2,1-3H3,(H,33,37)(H,34,38). The first-order valence-electron chi connectivity index (χ1n) is 14.8. The average molecular weight is 628 g/mol. The van der Waals surface area contributed by atoms with E-state index >= 15 is 0 Å². The number of amides is 3. The lowest BCUT2D eigenvalue weighted by Gasteiger charge is -2.32. The highest BCUT2D eigenvalue weighted by molar-refractivity contribution is 7.54. The second kappa shape index (κ2) is 18.1. The number of hydrogen-bond donors (Lipinski definition) is 4. The van der Waals surface area contributed by atoms with Crippen LogP contribution >= 0.6 is 8.38 Å². The lowest BCUT2D eigenvalue weighted by atomic mass is 9.90. The molecule has 12 heteroatoms. The molecule has 3 amide bonds. The van der Waals surface area contributed by atoms with Crippen molar-refractivity contribution >= 4 is 31.9 Å². The molecule has 0 saturated carbocycles. The Balaban J connectivity index is 1.64. The molecule has 0 radical (unpaired) electrons. The van der Waals surface area contributed by atoms with Crippen LogP contribution in [-0.2, 0) is 21.0 Å². The summed E-state index contributed by atoms with van der Waals surface area (Å²) < 4.78 is 11.3. The molecule has 1 heterocycles. The van der Waals surface area contributed by atoms with Crippen molar-refractivity contribution in [3.8, 4) is 17.1 Å². The van der Waals surface area contributed by atoms with Gasteiger partial charge in [-0.3, -0.25) is 19.2 Å². The SMILES string of the molecule is CCCCCC(C(=O)NCNC(=O)c1ccc(-c2cc(OCC)cc(P(O)O)c2)o1)C(CC)N(C=O)OCc1ccccc1. The van der Waals surface area contributed by atoms with Crippen molar-refractivity contribution in [2.45, 2.75) is 65.5 Å². The lowest BCUT2D eigenvalue weighted by Crippen LogP contribution is -2.48. The van der Waals surface area contributed by atoms with Gasteiger partial charge in [-0.1, -0.05) is 63.4 Å². The Morgan fingerprint density at radius 2 is 1.80 bits per heavy atom. The molecule has 0 aliphatic carbocycles. The molecule has 2 atom stereocenters. The van der Waals surface area contributed by atoms with Gasteiger partial charge in [0.2, 0.25) is 12.3 Å². The Labute approximate surface area is 259 Å². The van der Waals surface area contributed by atoms with Gasteiger partial charge in [-0.25, -0.2) is 5.06 Å². The third kappa shape index (κ3) is 10.2. The fourth-order valence-corrected chi connectivity index (χ4v) is 5.32. The van der Waals surface area contributed by atoms with Crippen molar-refractivity contribution in [2.24, 2.45) is 5.92 Å². The van der Waals surface area contributed by atoms with Crippen molar-refractivity contribution in [3.05, 3.63) is 72.0 Å². The quantitative estimate of drug-likeness (QED) is 0.0494. The van der Waals surface area contributed by atoms with Gasteiger partial charge in [-0.2, -0.15) is 0 Å². The van der Waals surface area contributed by atoms with Crippen LogP contribution < -0.4 is 20.7 Å². The van der Waals surface area contributed by atoms with Gasteiger partial charge in [0.15, 0.2) is 14.1 Å². The Morgan fingerprint density at radius 1 is 1.02 bits per heavy atom. The Bertz CT molecular complexity index is 1330. The molecular formula is C32H42N3O8P. The number of benzene rings is 2. The highest BCUT2D eigenvalue weighted by Crippen LogP contribution is 2.31. The van der Waals surface area contributed by atoms with Gasteiger partial charge < -0.3 is 29.6 Å². The first kappa shape index (κ1) is 34.7. The second-order valence-corrected chi connectivity index (χ2v) is 11.2. The van der Waals surface area contributed by atoms with Crippen molar-refractivity contribution in [3.63, 3.8) is 0 Å². The molecule has 0 bridgehead atoms. The van der Waals surface area contributed by atoms with Gasteiger partial charge in [0.05, 0.1) is 25.2 Å². The summed E-state index contributed by atoms with van der Waals surface area (Å²) in [5, 5.41) is 6.93. The van der Waals surface area contributed by atoms with Gasteiger partial charge in [0, 0.05) is 10.9 Å². The zero-order valence-corrected chi connectivity index (χ0v) is 26.3. The van der Waals surface area contributed by atoms with Crippen LogP contribution in [0.25, 0.3) is 11.3 Å². The maximum absolute atomic E-state index is 13.4. The molecule has 3 rings (SSSR count). The third-order valence-electron chi connectivity index (χ3n) is 7.05. The summed E-state index contributed by atoms with van der Waals surface area (Å²) in [5.74, 6) is -0.591. The summed E-state index contributed by atoms with van der Waals surface area (Å²) in [6.45, 7) is 6.23. The molecule has 2 aromatic carbocycles. The van der Waals surface area contributed by atoms with Gasteiger partial charge >= 0.3 is 0 Å². The van der Waals surface area contributed by atoms with Crippen LogP contribution in [0.1, 0.15) is 69.0 Å². The minimum atomic E-state index is -2.36. The Kier molecular flexibility index (Phi) is 14.3. The minimum absolute atomic E-state index is 0.0141. The molecule has 11 nitrogen and oxygen atoms in total. The number of furan rings is 1. The molecule has 44 heavy (non-hydrogen) atoms. The summed E-state index contributed by atoms with van der Waals surface area (Å²) in [6.07, 6.45) is 4.39. The smallest absolute Gasteiger partial charge is 0.288 e. The third-order valence-corrected chi connectivity index (χ3v) is 7.77. The summed E-state index contributed by atoms with van der Waals surface area (Å²) in [4.78, 5) is 63.4. The fraction of sp³-hybridized carbons (Fsp3) is 0.406. The summed E-state index contributed by atoms with van der Waals surface area (Å²) in [6, 6.07) is 16.8. The summed E-state index contributed by atoms with van der Waals surface area (Å²) in [5.41, 5.74) is 1.42. The number of hydroxylamine groups is 2. The van der Waals surface area contributed by atoms with E-state index in [1.54, 1.807) is 24.3 Å². The maximum atomic E-state index is 13.4. The monoisotopic (exact) mass is 627 g/mol. The van der Waals surface area contributed by atoms with Crippen LogP contribution in [0, 0.1) is 5.92 Å². The molecule has 238 valence electrons. The molecule has 3 aromatic rings. The number of unbranched alkanes of at least 4 members (excludes halogenated alkanes) is 2. The molecule has 0 saturated heterocycles. The number of carbonyl (C=O) groups is 3. The number of ether oxygens (including phenoxy) is 1. The highest BCUT2D eigenvalue weighted by atomic mass is 31.2. The van der Waals surface area contributed by atoms with Gasteiger partial charge in [-0.05, 0) is 55.7 Å². The van der Waals surface area contributed by atoms with E-state index in [9.17, 15) is 24.2 Å². The van der Waals surface area contributed by atoms with Crippen LogP contribution in [0.3, 0.4) is 0 Å². The van der Waals surface area contributed by atoms with E-state index in [2.05, 4.69) is 17.6 Å². The Hall–Kier alpha value is -3.76. The highest BCUT2D eigenvalue weighted by Gasteiger charge is 2.32. The van der Waals surface area contributed by atoms with E-state index in [4.69, 9.17) is 14.0 Å². The van der Waals surface area contributed by atoms with E-state index in [-0.39, 0.29) is 30.2 Å². The predicted molar refractivity (Wildman–Crippen MR) is 168 cm³/mol. The number of nitrogens with one attached hydrogen (secondary N) is 2.